The highest BCUT2D eigenvalue weighted by molar-refractivity contribution is 8.00. The predicted octanol–water partition coefficient (Wildman–Crippen LogP) is 6.57. The van der Waals surface area contributed by atoms with Crippen LogP contribution in [0.4, 0.5) is 18.9 Å². The van der Waals surface area contributed by atoms with Gasteiger partial charge in [-0.2, -0.15) is 13.2 Å². The van der Waals surface area contributed by atoms with Crippen molar-refractivity contribution in [3.63, 3.8) is 0 Å². The minimum Gasteiger partial charge on any atom is -0.469 e. The van der Waals surface area contributed by atoms with Crippen LogP contribution in [0, 0.1) is 10.1 Å². The maximum absolute atomic E-state index is 12.8. The van der Waals surface area contributed by atoms with Gasteiger partial charge in [0.1, 0.15) is 11.5 Å². The molecule has 0 aliphatic carbocycles. The van der Waals surface area contributed by atoms with E-state index in [2.05, 4.69) is 0 Å². The lowest BCUT2D eigenvalue weighted by Crippen LogP contribution is -2.30. The van der Waals surface area contributed by atoms with Crippen LogP contribution in [0.1, 0.15) is 5.56 Å². The fraction of sp³-hybridized carbons (Fsp3) is 0.316. The van der Waals surface area contributed by atoms with Crippen molar-refractivity contribution in [2.45, 2.75) is 30.7 Å². The van der Waals surface area contributed by atoms with E-state index < -0.39 is 30.7 Å². The normalized spacial score (nSPS) is 11.8. The number of alkyl halides is 3. The number of nitrogens with zero attached hydrogens (tertiary/aromatic N) is 1. The number of nitro benzene ring substituents is 1. The molecular weight excluding hydrogens is 475 g/mol. The number of carbonyl (C=O) groups is 1. The van der Waals surface area contributed by atoms with Crippen molar-refractivity contribution < 1.29 is 32.4 Å². The van der Waals surface area contributed by atoms with E-state index in [4.69, 9.17) is 21.1 Å². The number of hydrogen-bond acceptors (Lipinski definition) is 6. The molecule has 0 spiro atoms. The zero-order valence-electron chi connectivity index (χ0n) is 16.8. The van der Waals surface area contributed by atoms with Crippen LogP contribution in [0.2, 0.25) is 24.7 Å². The molecular formula is C19H19ClF3NO5SSi. The minimum atomic E-state index is -4.55. The number of thioether (sulfide) groups is 1. The molecule has 6 nitrogen and oxygen atoms in total. The van der Waals surface area contributed by atoms with Crippen molar-refractivity contribution in [2.75, 3.05) is 12.0 Å². The summed E-state index contributed by atoms with van der Waals surface area (Å²) in [4.78, 5) is 22.8. The molecule has 0 amide bonds. The quantitative estimate of drug-likeness (QED) is 0.136. The van der Waals surface area contributed by atoms with Gasteiger partial charge in [0.05, 0.1) is 40.5 Å². The molecule has 0 aliphatic rings. The zero-order valence-corrected chi connectivity index (χ0v) is 19.4. The summed E-state index contributed by atoms with van der Waals surface area (Å²) >= 11 is 6.79. The fourth-order valence-corrected chi connectivity index (χ4v) is 3.85. The smallest absolute Gasteiger partial charge is 0.416 e. The summed E-state index contributed by atoms with van der Waals surface area (Å²) in [5.41, 5.74) is -1.17. The third-order valence-electron chi connectivity index (χ3n) is 3.63. The Morgan fingerprint density at radius 2 is 1.87 bits per heavy atom. The number of esters is 1. The molecule has 0 heterocycles. The molecule has 0 saturated heterocycles. The molecule has 0 bridgehead atoms. The highest BCUT2D eigenvalue weighted by Gasteiger charge is 2.31. The molecule has 2 aromatic carbocycles. The van der Waals surface area contributed by atoms with Crippen LogP contribution in [0.5, 0.6) is 11.5 Å². The lowest BCUT2D eigenvalue weighted by molar-refractivity contribution is -0.387. The highest BCUT2D eigenvalue weighted by Crippen LogP contribution is 2.38. The van der Waals surface area contributed by atoms with Gasteiger partial charge in [-0.1, -0.05) is 31.2 Å². The van der Waals surface area contributed by atoms with E-state index in [0.29, 0.717) is 6.23 Å². The lowest BCUT2D eigenvalue weighted by atomic mass is 10.2. The molecule has 168 valence electrons. The molecule has 0 N–H and O–H groups in total. The number of halogens is 4. The Labute approximate surface area is 186 Å². The summed E-state index contributed by atoms with van der Waals surface area (Å²) in [7, 11) is -1.59. The SMILES string of the molecule is C[Si](C)(C)COC(=O)CSc1cc(Oc2ccc(C(F)(F)F)cc2Cl)ccc1[N+](=O)[O-]. The number of rotatable bonds is 8. The molecule has 0 saturated carbocycles. The van der Waals surface area contributed by atoms with Gasteiger partial charge in [0.2, 0.25) is 0 Å². The first kappa shape index (κ1) is 25.0. The molecule has 0 atom stereocenters. The standard InChI is InChI=1S/C19H19ClF3NO5SSi/c1-31(2,3)11-28-18(25)10-30-17-9-13(5-6-15(17)24(26)27)29-16-7-4-12(8-14(16)20)19(21,22)23/h4-9H,10-11H2,1-3H3. The largest absolute Gasteiger partial charge is 0.469 e. The molecule has 0 radical (unpaired) electrons. The number of carbonyl (C=O) groups excluding carboxylic acids is 1. The third-order valence-corrected chi connectivity index (χ3v) is 5.95. The fourth-order valence-electron chi connectivity index (χ4n) is 2.19. The number of nitro groups is 1. The topological polar surface area (TPSA) is 78.7 Å². The summed E-state index contributed by atoms with van der Waals surface area (Å²) in [6.45, 7) is 6.10. The average Bonchev–Trinajstić information content (AvgIpc) is 2.64. The van der Waals surface area contributed by atoms with Gasteiger partial charge in [-0.05, 0) is 24.3 Å². The first-order valence-corrected chi connectivity index (χ1v) is 13.9. The van der Waals surface area contributed by atoms with Crippen LogP contribution < -0.4 is 4.74 Å². The second-order valence-corrected chi connectivity index (χ2v) is 14.5. The van der Waals surface area contributed by atoms with Crippen molar-refractivity contribution in [3.05, 3.63) is 57.1 Å². The van der Waals surface area contributed by atoms with Crippen molar-refractivity contribution >= 4 is 43.1 Å². The van der Waals surface area contributed by atoms with E-state index in [1.54, 1.807) is 0 Å². The van der Waals surface area contributed by atoms with Gasteiger partial charge in [-0.25, -0.2) is 0 Å². The Morgan fingerprint density at radius 3 is 2.42 bits per heavy atom. The molecule has 0 aliphatic heterocycles. The minimum absolute atomic E-state index is 0.0472. The van der Waals surface area contributed by atoms with Crippen molar-refractivity contribution in [3.8, 4) is 11.5 Å². The Morgan fingerprint density at radius 1 is 1.19 bits per heavy atom. The van der Waals surface area contributed by atoms with Crippen LogP contribution >= 0.6 is 23.4 Å². The number of benzene rings is 2. The monoisotopic (exact) mass is 493 g/mol. The highest BCUT2D eigenvalue weighted by atomic mass is 35.5. The zero-order chi connectivity index (χ0) is 23.4. The van der Waals surface area contributed by atoms with Crippen LogP contribution in [-0.2, 0) is 15.7 Å². The second-order valence-electron chi connectivity index (χ2n) is 7.64. The van der Waals surface area contributed by atoms with E-state index in [9.17, 15) is 28.1 Å². The maximum atomic E-state index is 12.8. The summed E-state index contributed by atoms with van der Waals surface area (Å²) in [5, 5.41) is 11.0. The summed E-state index contributed by atoms with van der Waals surface area (Å²) in [6, 6.07) is 6.40. The van der Waals surface area contributed by atoms with Crippen molar-refractivity contribution in [2.24, 2.45) is 0 Å². The molecule has 2 rings (SSSR count). The average molecular weight is 494 g/mol. The van der Waals surface area contributed by atoms with Gasteiger partial charge in [-0.15, -0.1) is 11.8 Å². The van der Waals surface area contributed by atoms with Gasteiger partial charge in [0.25, 0.3) is 5.69 Å². The Hall–Kier alpha value is -2.24. The molecule has 0 aromatic heterocycles. The van der Waals surface area contributed by atoms with E-state index in [0.717, 1.165) is 30.0 Å². The van der Waals surface area contributed by atoms with Crippen LogP contribution in [-0.4, -0.2) is 30.9 Å². The van der Waals surface area contributed by atoms with Crippen molar-refractivity contribution in [1.82, 2.24) is 0 Å². The number of ether oxygens (including phenoxy) is 2. The van der Waals surface area contributed by atoms with Crippen molar-refractivity contribution in [1.29, 1.82) is 0 Å². The maximum Gasteiger partial charge on any atom is 0.416 e. The summed E-state index contributed by atoms with van der Waals surface area (Å²) < 4.78 is 49.0. The third kappa shape index (κ3) is 7.75. The second kappa shape index (κ2) is 9.92. The predicted molar refractivity (Wildman–Crippen MR) is 115 cm³/mol. The molecule has 2 aromatic rings. The van der Waals surface area contributed by atoms with Crippen LogP contribution in [0.15, 0.2) is 41.3 Å². The molecule has 31 heavy (non-hydrogen) atoms. The molecule has 0 unspecified atom stereocenters. The Balaban J connectivity index is 2.18. The van der Waals surface area contributed by atoms with E-state index in [1.807, 2.05) is 19.6 Å². The van der Waals surface area contributed by atoms with Gasteiger partial charge in [0, 0.05) is 12.1 Å². The van der Waals surface area contributed by atoms with E-state index >= 15 is 0 Å². The van der Waals surface area contributed by atoms with Gasteiger partial charge in [-0.3, -0.25) is 14.9 Å². The van der Waals surface area contributed by atoms with E-state index in [1.165, 1.54) is 18.2 Å². The molecule has 0 fully saturated rings. The summed E-state index contributed by atoms with van der Waals surface area (Å²) in [6.07, 6.45) is -4.21. The Bertz CT molecular complexity index is 982. The van der Waals surface area contributed by atoms with Gasteiger partial charge < -0.3 is 9.47 Å². The first-order chi connectivity index (χ1) is 14.3. The Kier molecular flexibility index (Phi) is 8.01. The lowest BCUT2D eigenvalue weighted by Gasteiger charge is -2.15. The van der Waals surface area contributed by atoms with E-state index in [-0.39, 0.29) is 32.9 Å². The van der Waals surface area contributed by atoms with Gasteiger partial charge >= 0.3 is 12.1 Å². The van der Waals surface area contributed by atoms with Gasteiger partial charge in [0.15, 0.2) is 0 Å². The first-order valence-electron chi connectivity index (χ1n) is 8.88. The molecule has 12 heteroatoms. The number of hydrogen-bond donors (Lipinski definition) is 0. The van der Waals surface area contributed by atoms with Crippen LogP contribution in [0.3, 0.4) is 0 Å². The summed E-state index contributed by atoms with van der Waals surface area (Å²) in [5.74, 6) is -0.575. The van der Waals surface area contributed by atoms with Crippen LogP contribution in [0.25, 0.3) is 0 Å².